The second-order valence-corrected chi connectivity index (χ2v) is 6.69. The number of rotatable bonds is 5. The number of imide groups is 1. The number of nitro groups is 1. The first-order valence-electron chi connectivity index (χ1n) is 8.99. The molecule has 3 aromatic rings. The number of para-hydroxylation sites is 1. The van der Waals surface area contributed by atoms with Gasteiger partial charge in [0.15, 0.2) is 0 Å². The van der Waals surface area contributed by atoms with Crippen molar-refractivity contribution >= 4 is 39.6 Å². The predicted octanol–water partition coefficient (Wildman–Crippen LogP) is 3.26. The summed E-state index contributed by atoms with van der Waals surface area (Å²) in [6.07, 6.45) is 0. The molecule has 0 aliphatic carbocycles. The van der Waals surface area contributed by atoms with Gasteiger partial charge in [0.25, 0.3) is 17.5 Å². The van der Waals surface area contributed by atoms with E-state index in [0.29, 0.717) is 22.0 Å². The average molecular weight is 391 g/mol. The van der Waals surface area contributed by atoms with Crippen LogP contribution in [-0.4, -0.2) is 35.0 Å². The monoisotopic (exact) mass is 391 g/mol. The van der Waals surface area contributed by atoms with Crippen LogP contribution in [0.1, 0.15) is 26.3 Å². The molecule has 0 aromatic heterocycles. The van der Waals surface area contributed by atoms with Gasteiger partial charge in [0.1, 0.15) is 5.69 Å². The van der Waals surface area contributed by atoms with Gasteiger partial charge in [0.2, 0.25) is 0 Å². The summed E-state index contributed by atoms with van der Waals surface area (Å²) in [4.78, 5) is 38.7. The quantitative estimate of drug-likeness (QED) is 0.392. The zero-order valence-electron chi connectivity index (χ0n) is 15.5. The molecule has 0 unspecified atom stereocenters. The van der Waals surface area contributed by atoms with E-state index in [1.165, 1.54) is 6.07 Å². The molecule has 0 radical (unpaired) electrons. The van der Waals surface area contributed by atoms with Crippen LogP contribution in [0.5, 0.6) is 0 Å². The van der Waals surface area contributed by atoms with Gasteiger partial charge in [0.05, 0.1) is 22.8 Å². The number of aryl methyl sites for hydroxylation is 1. The van der Waals surface area contributed by atoms with Gasteiger partial charge >= 0.3 is 0 Å². The number of nitro benzene ring substituents is 1. The fraction of sp³-hybridized carbons (Fsp3) is 0.143. The van der Waals surface area contributed by atoms with E-state index in [4.69, 9.17) is 5.11 Å². The Kier molecular flexibility index (Phi) is 4.48. The van der Waals surface area contributed by atoms with Crippen molar-refractivity contribution in [2.75, 3.05) is 23.4 Å². The molecule has 1 heterocycles. The molecule has 0 atom stereocenters. The molecule has 0 saturated carbocycles. The van der Waals surface area contributed by atoms with Gasteiger partial charge in [-0.3, -0.25) is 19.7 Å². The van der Waals surface area contributed by atoms with E-state index in [2.05, 4.69) is 5.32 Å². The summed E-state index contributed by atoms with van der Waals surface area (Å²) in [7, 11) is 0. The summed E-state index contributed by atoms with van der Waals surface area (Å²) in [6.45, 7) is 1.66. The van der Waals surface area contributed by atoms with Crippen LogP contribution in [0.15, 0.2) is 48.5 Å². The number of hydrogen-bond donors (Lipinski definition) is 2. The van der Waals surface area contributed by atoms with Crippen LogP contribution in [0.3, 0.4) is 0 Å². The predicted molar refractivity (Wildman–Crippen MR) is 108 cm³/mol. The van der Waals surface area contributed by atoms with Crippen molar-refractivity contribution in [3.05, 3.63) is 75.3 Å². The number of aliphatic hydroxyl groups is 1. The second-order valence-electron chi connectivity index (χ2n) is 6.69. The molecule has 0 spiro atoms. The number of nitrogens with zero attached hydrogens (tertiary/aromatic N) is 2. The molecular formula is C21H17N3O5. The third-order valence-corrected chi connectivity index (χ3v) is 4.97. The number of benzene rings is 3. The Bertz CT molecular complexity index is 1190. The minimum absolute atomic E-state index is 0.0940. The van der Waals surface area contributed by atoms with Gasteiger partial charge in [-0.15, -0.1) is 0 Å². The summed E-state index contributed by atoms with van der Waals surface area (Å²) in [5, 5.41) is 24.4. The number of aliphatic hydroxyl groups excluding tert-OH is 1. The summed E-state index contributed by atoms with van der Waals surface area (Å²) in [5.74, 6) is -1.09. The Hall–Kier alpha value is -3.78. The van der Waals surface area contributed by atoms with Crippen molar-refractivity contribution in [2.24, 2.45) is 0 Å². The zero-order chi connectivity index (χ0) is 20.7. The van der Waals surface area contributed by atoms with Gasteiger partial charge in [-0.05, 0) is 24.6 Å². The molecule has 1 aliphatic rings. The standard InChI is InChI=1S/C21H17N3O5/c1-12-5-2-3-8-16(12)23-20(26)14-7-4-6-13-18(14)15(21(23)27)11-17(24(28)29)19(13)22-9-10-25/h2-8,11,22,25H,9-10H2,1H3. The first-order valence-corrected chi connectivity index (χ1v) is 8.99. The Labute approximate surface area is 165 Å². The summed E-state index contributed by atoms with van der Waals surface area (Å²) >= 11 is 0. The van der Waals surface area contributed by atoms with Crippen LogP contribution in [-0.2, 0) is 0 Å². The van der Waals surface area contributed by atoms with E-state index in [0.717, 1.165) is 10.5 Å². The lowest BCUT2D eigenvalue weighted by atomic mass is 9.91. The van der Waals surface area contributed by atoms with E-state index in [-0.39, 0.29) is 30.1 Å². The van der Waals surface area contributed by atoms with Gasteiger partial charge in [-0.25, -0.2) is 4.90 Å². The van der Waals surface area contributed by atoms with Gasteiger partial charge < -0.3 is 10.4 Å². The summed E-state index contributed by atoms with van der Waals surface area (Å²) in [6, 6.07) is 13.0. The fourth-order valence-corrected chi connectivity index (χ4v) is 3.69. The molecule has 0 fully saturated rings. The highest BCUT2D eigenvalue weighted by molar-refractivity contribution is 6.37. The van der Waals surface area contributed by atoms with E-state index in [9.17, 15) is 19.7 Å². The molecule has 4 rings (SSSR count). The molecule has 2 N–H and O–H groups in total. The number of amides is 2. The zero-order valence-corrected chi connectivity index (χ0v) is 15.5. The Morgan fingerprint density at radius 2 is 1.79 bits per heavy atom. The normalized spacial score (nSPS) is 13.1. The molecule has 146 valence electrons. The third kappa shape index (κ3) is 2.81. The summed E-state index contributed by atoms with van der Waals surface area (Å²) in [5.41, 5.74) is 1.46. The number of carbonyl (C=O) groups excluding carboxylic acids is 2. The molecular weight excluding hydrogens is 374 g/mol. The summed E-state index contributed by atoms with van der Waals surface area (Å²) < 4.78 is 0. The van der Waals surface area contributed by atoms with Crippen molar-refractivity contribution in [1.82, 2.24) is 0 Å². The largest absolute Gasteiger partial charge is 0.395 e. The average Bonchev–Trinajstić information content (AvgIpc) is 2.71. The van der Waals surface area contributed by atoms with Crippen LogP contribution in [0.25, 0.3) is 10.8 Å². The highest BCUT2D eigenvalue weighted by Gasteiger charge is 2.37. The van der Waals surface area contributed by atoms with Crippen LogP contribution in [0.4, 0.5) is 17.1 Å². The lowest BCUT2D eigenvalue weighted by Gasteiger charge is -2.28. The third-order valence-electron chi connectivity index (χ3n) is 4.97. The molecule has 8 heteroatoms. The van der Waals surface area contributed by atoms with E-state index in [1.54, 1.807) is 49.4 Å². The van der Waals surface area contributed by atoms with Gasteiger partial charge in [-0.2, -0.15) is 0 Å². The maximum atomic E-state index is 13.3. The first kappa shape index (κ1) is 18.6. The van der Waals surface area contributed by atoms with Crippen molar-refractivity contribution in [3.8, 4) is 0 Å². The molecule has 1 aliphatic heterocycles. The Morgan fingerprint density at radius 3 is 2.48 bits per heavy atom. The second kappa shape index (κ2) is 6.99. The van der Waals surface area contributed by atoms with Crippen LogP contribution in [0.2, 0.25) is 0 Å². The number of nitrogens with one attached hydrogen (secondary N) is 1. The lowest BCUT2D eigenvalue weighted by Crippen LogP contribution is -2.41. The Morgan fingerprint density at radius 1 is 1.07 bits per heavy atom. The minimum atomic E-state index is -0.607. The van der Waals surface area contributed by atoms with E-state index >= 15 is 0 Å². The maximum Gasteiger partial charge on any atom is 0.293 e. The number of anilines is 2. The van der Waals surface area contributed by atoms with E-state index < -0.39 is 16.7 Å². The number of hydrogen-bond acceptors (Lipinski definition) is 6. The molecule has 2 amide bonds. The van der Waals surface area contributed by atoms with Crippen LogP contribution >= 0.6 is 0 Å². The highest BCUT2D eigenvalue weighted by Crippen LogP contribution is 2.41. The topological polar surface area (TPSA) is 113 Å². The molecule has 0 bridgehead atoms. The van der Waals surface area contributed by atoms with E-state index in [1.807, 2.05) is 0 Å². The fourth-order valence-electron chi connectivity index (χ4n) is 3.69. The lowest BCUT2D eigenvalue weighted by molar-refractivity contribution is -0.383. The molecule has 3 aromatic carbocycles. The molecule has 29 heavy (non-hydrogen) atoms. The van der Waals surface area contributed by atoms with Crippen molar-refractivity contribution < 1.29 is 19.6 Å². The molecule has 0 saturated heterocycles. The minimum Gasteiger partial charge on any atom is -0.395 e. The number of carbonyl (C=O) groups is 2. The Balaban J connectivity index is 2.02. The maximum absolute atomic E-state index is 13.3. The van der Waals surface area contributed by atoms with Crippen LogP contribution < -0.4 is 10.2 Å². The van der Waals surface area contributed by atoms with Crippen molar-refractivity contribution in [3.63, 3.8) is 0 Å². The van der Waals surface area contributed by atoms with Gasteiger partial charge in [-0.1, -0.05) is 30.3 Å². The SMILES string of the molecule is Cc1ccccc1N1C(=O)c2cccc3c(NCCO)c([N+](=O)[O-])cc(c23)C1=O. The first-order chi connectivity index (χ1) is 14.0. The highest BCUT2D eigenvalue weighted by atomic mass is 16.6. The molecule has 8 nitrogen and oxygen atoms in total. The van der Waals surface area contributed by atoms with Crippen LogP contribution in [0, 0.1) is 17.0 Å². The van der Waals surface area contributed by atoms with Crippen molar-refractivity contribution in [2.45, 2.75) is 6.92 Å². The van der Waals surface area contributed by atoms with Crippen molar-refractivity contribution in [1.29, 1.82) is 0 Å². The van der Waals surface area contributed by atoms with Gasteiger partial charge in [0, 0.05) is 28.9 Å². The smallest absolute Gasteiger partial charge is 0.293 e.